The van der Waals surface area contributed by atoms with Gasteiger partial charge in [0, 0.05) is 5.33 Å². The van der Waals surface area contributed by atoms with Crippen molar-refractivity contribution in [2.75, 3.05) is 5.33 Å². The summed E-state index contributed by atoms with van der Waals surface area (Å²) in [6, 6.07) is 0. The Labute approximate surface area is 60.1 Å². The minimum Gasteiger partial charge on any atom is -0.0883 e. The monoisotopic (exact) mass is 176 g/mol. The molecule has 0 spiro atoms. The summed E-state index contributed by atoms with van der Waals surface area (Å²) in [5, 5.41) is 0.983. The number of hydrogen-bond donors (Lipinski definition) is 0. The van der Waals surface area contributed by atoms with E-state index in [0.717, 1.165) is 5.33 Å². The Balaban J connectivity index is 3.61. The maximum absolute atomic E-state index is 3.34. The van der Waals surface area contributed by atoms with E-state index in [1.54, 1.807) is 0 Å². The van der Waals surface area contributed by atoms with Crippen molar-refractivity contribution >= 4 is 15.9 Å². The molecule has 0 aromatic heterocycles. The highest BCUT2D eigenvalue weighted by molar-refractivity contribution is 9.09. The second-order valence-electron chi connectivity index (χ2n) is 2.26. The van der Waals surface area contributed by atoms with E-state index in [0.29, 0.717) is 5.92 Å². The van der Waals surface area contributed by atoms with Crippen molar-refractivity contribution in [2.45, 2.75) is 20.8 Å². The molecule has 0 aromatic carbocycles. The Bertz CT molecular complexity index is 82.4. The van der Waals surface area contributed by atoms with Crippen molar-refractivity contribution in [3.8, 4) is 0 Å². The zero-order chi connectivity index (χ0) is 6.57. The van der Waals surface area contributed by atoms with E-state index in [2.05, 4.69) is 42.8 Å². The van der Waals surface area contributed by atoms with E-state index in [4.69, 9.17) is 0 Å². The van der Waals surface area contributed by atoms with Crippen LogP contribution in [0.2, 0.25) is 0 Å². The van der Waals surface area contributed by atoms with E-state index < -0.39 is 0 Å². The van der Waals surface area contributed by atoms with Crippen LogP contribution in [-0.4, -0.2) is 5.33 Å². The van der Waals surface area contributed by atoms with Gasteiger partial charge in [-0.25, -0.2) is 0 Å². The summed E-state index contributed by atoms with van der Waals surface area (Å²) in [7, 11) is 0. The van der Waals surface area contributed by atoms with Crippen LogP contribution in [0.15, 0.2) is 11.6 Å². The normalized spacial score (nSPS) is 12.9. The molecule has 1 heteroatoms. The van der Waals surface area contributed by atoms with Crippen LogP contribution in [0.5, 0.6) is 0 Å². The molecule has 0 aliphatic heterocycles. The first-order valence-electron chi connectivity index (χ1n) is 2.91. The molecular formula is C7H13Br. The van der Waals surface area contributed by atoms with Crippen LogP contribution < -0.4 is 0 Å². The van der Waals surface area contributed by atoms with Crippen LogP contribution in [0.1, 0.15) is 20.8 Å². The third-order valence-corrected chi connectivity index (χ3v) is 1.63. The molecule has 0 saturated carbocycles. The molecule has 0 aromatic rings. The molecule has 0 N–H and O–H groups in total. The standard InChI is InChI=1S/C7H13Br/c1-6(2)7(3)4-5-8/h4,6H,5H2,1-3H3/b7-4+. The van der Waals surface area contributed by atoms with Crippen LogP contribution in [0, 0.1) is 5.92 Å². The van der Waals surface area contributed by atoms with Gasteiger partial charge in [-0.2, -0.15) is 0 Å². The van der Waals surface area contributed by atoms with Crippen molar-refractivity contribution in [1.82, 2.24) is 0 Å². The average Bonchev–Trinajstić information content (AvgIpc) is 1.67. The summed E-state index contributed by atoms with van der Waals surface area (Å²) in [6.45, 7) is 6.56. The van der Waals surface area contributed by atoms with Gasteiger partial charge >= 0.3 is 0 Å². The van der Waals surface area contributed by atoms with Gasteiger partial charge in [-0.1, -0.05) is 41.4 Å². The Morgan fingerprint density at radius 1 is 1.62 bits per heavy atom. The fourth-order valence-corrected chi connectivity index (χ4v) is 0.868. The van der Waals surface area contributed by atoms with Crippen LogP contribution in [0.4, 0.5) is 0 Å². The van der Waals surface area contributed by atoms with E-state index in [1.807, 2.05) is 0 Å². The zero-order valence-corrected chi connectivity index (χ0v) is 7.33. The quantitative estimate of drug-likeness (QED) is 0.449. The molecule has 0 saturated heterocycles. The molecule has 0 aliphatic carbocycles. The van der Waals surface area contributed by atoms with Gasteiger partial charge in [0.2, 0.25) is 0 Å². The molecule has 0 unspecified atom stereocenters. The van der Waals surface area contributed by atoms with Gasteiger partial charge < -0.3 is 0 Å². The van der Waals surface area contributed by atoms with Gasteiger partial charge in [0.25, 0.3) is 0 Å². The maximum atomic E-state index is 3.34. The van der Waals surface area contributed by atoms with Gasteiger partial charge in [-0.15, -0.1) is 0 Å². The molecule has 0 fully saturated rings. The van der Waals surface area contributed by atoms with Crippen molar-refractivity contribution < 1.29 is 0 Å². The molecule has 0 nitrogen and oxygen atoms in total. The molecule has 48 valence electrons. The molecule has 0 bridgehead atoms. The predicted molar refractivity (Wildman–Crippen MR) is 42.4 cm³/mol. The first-order chi connectivity index (χ1) is 3.68. The average molecular weight is 177 g/mol. The zero-order valence-electron chi connectivity index (χ0n) is 5.74. The molecule has 0 atom stereocenters. The molecule has 0 rings (SSSR count). The van der Waals surface area contributed by atoms with Gasteiger partial charge in [-0.3, -0.25) is 0 Å². The lowest BCUT2D eigenvalue weighted by atomic mass is 10.1. The second-order valence-corrected chi connectivity index (χ2v) is 2.90. The third kappa shape index (κ3) is 3.25. The Morgan fingerprint density at radius 3 is 2.25 bits per heavy atom. The summed E-state index contributed by atoms with van der Waals surface area (Å²) >= 11 is 3.34. The Kier molecular flexibility index (Phi) is 4.25. The van der Waals surface area contributed by atoms with E-state index in [-0.39, 0.29) is 0 Å². The van der Waals surface area contributed by atoms with Gasteiger partial charge in [0.15, 0.2) is 0 Å². The predicted octanol–water partition coefficient (Wildman–Crippen LogP) is 2.98. The summed E-state index contributed by atoms with van der Waals surface area (Å²) < 4.78 is 0. The highest BCUT2D eigenvalue weighted by Crippen LogP contribution is 2.07. The van der Waals surface area contributed by atoms with Gasteiger partial charge in [0.1, 0.15) is 0 Å². The van der Waals surface area contributed by atoms with Crippen LogP contribution >= 0.6 is 15.9 Å². The minimum atomic E-state index is 0.701. The third-order valence-electron chi connectivity index (χ3n) is 1.31. The molecule has 0 radical (unpaired) electrons. The largest absolute Gasteiger partial charge is 0.0883 e. The summed E-state index contributed by atoms with van der Waals surface area (Å²) in [4.78, 5) is 0. The van der Waals surface area contributed by atoms with Gasteiger partial charge in [0.05, 0.1) is 0 Å². The smallest absolute Gasteiger partial charge is 0.0214 e. The highest BCUT2D eigenvalue weighted by Gasteiger charge is 1.92. The first kappa shape index (κ1) is 8.22. The highest BCUT2D eigenvalue weighted by atomic mass is 79.9. The van der Waals surface area contributed by atoms with E-state index >= 15 is 0 Å². The van der Waals surface area contributed by atoms with E-state index in [1.165, 1.54) is 5.57 Å². The molecule has 0 amide bonds. The van der Waals surface area contributed by atoms with Crippen LogP contribution in [0.3, 0.4) is 0 Å². The first-order valence-corrected chi connectivity index (χ1v) is 4.03. The van der Waals surface area contributed by atoms with Crippen molar-refractivity contribution in [3.05, 3.63) is 11.6 Å². The van der Waals surface area contributed by atoms with Crippen LogP contribution in [0.25, 0.3) is 0 Å². The Hall–Kier alpha value is 0.220. The minimum absolute atomic E-state index is 0.701. The fourth-order valence-electron chi connectivity index (χ4n) is 0.357. The van der Waals surface area contributed by atoms with Crippen molar-refractivity contribution in [3.63, 3.8) is 0 Å². The number of halogens is 1. The topological polar surface area (TPSA) is 0 Å². The molecule has 8 heavy (non-hydrogen) atoms. The molecule has 0 aliphatic rings. The summed E-state index contributed by atoms with van der Waals surface area (Å²) in [5.41, 5.74) is 1.46. The number of alkyl halides is 1. The van der Waals surface area contributed by atoms with Gasteiger partial charge in [-0.05, 0) is 12.8 Å². The number of hydrogen-bond acceptors (Lipinski definition) is 0. The summed E-state index contributed by atoms with van der Waals surface area (Å²) in [5.74, 6) is 0.701. The van der Waals surface area contributed by atoms with E-state index in [9.17, 15) is 0 Å². The number of allylic oxidation sites excluding steroid dienone is 2. The molecule has 0 heterocycles. The number of rotatable bonds is 2. The van der Waals surface area contributed by atoms with Crippen LogP contribution in [-0.2, 0) is 0 Å². The van der Waals surface area contributed by atoms with Crippen molar-refractivity contribution in [1.29, 1.82) is 0 Å². The lowest BCUT2D eigenvalue weighted by Crippen LogP contribution is -1.87. The SMILES string of the molecule is C/C(=C\CBr)C(C)C. The summed E-state index contributed by atoms with van der Waals surface area (Å²) in [6.07, 6.45) is 2.20. The lowest BCUT2D eigenvalue weighted by Gasteiger charge is -2.01. The lowest BCUT2D eigenvalue weighted by molar-refractivity contribution is 0.768. The fraction of sp³-hybridized carbons (Fsp3) is 0.714. The maximum Gasteiger partial charge on any atom is 0.0214 e. The molecular weight excluding hydrogens is 164 g/mol. The Morgan fingerprint density at radius 2 is 2.12 bits per heavy atom. The second kappa shape index (κ2) is 4.13. The van der Waals surface area contributed by atoms with Crippen molar-refractivity contribution in [2.24, 2.45) is 5.92 Å².